The Balaban J connectivity index is 1.73. The van der Waals surface area contributed by atoms with Crippen molar-refractivity contribution in [3.8, 4) is 0 Å². The molecule has 1 aliphatic heterocycles. The van der Waals surface area contributed by atoms with Crippen LogP contribution in [0, 0.1) is 11.3 Å². The minimum atomic E-state index is -0.119. The van der Waals surface area contributed by atoms with E-state index in [2.05, 4.69) is 26.9 Å². The van der Waals surface area contributed by atoms with Gasteiger partial charge in [-0.1, -0.05) is 22.0 Å². The van der Waals surface area contributed by atoms with Crippen molar-refractivity contribution in [2.75, 3.05) is 19.6 Å². The molecule has 0 aromatic rings. The van der Waals surface area contributed by atoms with Crippen molar-refractivity contribution in [2.45, 2.75) is 18.9 Å². The second-order valence-electron chi connectivity index (χ2n) is 4.06. The van der Waals surface area contributed by atoms with E-state index in [0.717, 1.165) is 42.7 Å². The number of allylic oxidation sites excluding steroid dienone is 2. The molecule has 1 heterocycles. The van der Waals surface area contributed by atoms with Gasteiger partial charge in [-0.3, -0.25) is 4.90 Å². The summed E-state index contributed by atoms with van der Waals surface area (Å²) in [6.07, 6.45) is 3.64. The number of nitrogens with zero attached hydrogens (tertiary/aromatic N) is 1. The molecule has 1 unspecified atom stereocenters. The summed E-state index contributed by atoms with van der Waals surface area (Å²) in [5, 5.41) is 17.2. The zero-order valence-electron chi connectivity index (χ0n) is 8.04. The molecule has 0 amide bonds. The van der Waals surface area contributed by atoms with Gasteiger partial charge in [0.25, 0.3) is 0 Å². The van der Waals surface area contributed by atoms with E-state index in [1.165, 1.54) is 0 Å². The average molecular weight is 259 g/mol. The van der Waals surface area contributed by atoms with Crippen LogP contribution in [0.3, 0.4) is 0 Å². The molecule has 2 aliphatic rings. The van der Waals surface area contributed by atoms with E-state index in [4.69, 9.17) is 5.41 Å². The number of hydrogen-bond acceptors (Lipinski definition) is 3. The molecule has 1 atom stereocenters. The highest BCUT2D eigenvalue weighted by Crippen LogP contribution is 2.35. The first-order chi connectivity index (χ1) is 6.66. The second-order valence-corrected chi connectivity index (χ2v) is 4.98. The van der Waals surface area contributed by atoms with Crippen LogP contribution in [0.4, 0.5) is 0 Å². The first-order valence-electron chi connectivity index (χ1n) is 5.02. The van der Waals surface area contributed by atoms with Crippen LogP contribution in [0.15, 0.2) is 10.6 Å². The van der Waals surface area contributed by atoms with Gasteiger partial charge in [0.05, 0.1) is 6.10 Å². The van der Waals surface area contributed by atoms with E-state index in [1.807, 2.05) is 0 Å². The van der Waals surface area contributed by atoms with E-state index >= 15 is 0 Å². The van der Waals surface area contributed by atoms with E-state index in [1.54, 1.807) is 0 Å². The summed E-state index contributed by atoms with van der Waals surface area (Å²) in [7, 11) is 0. The minimum Gasteiger partial charge on any atom is -0.393 e. The smallest absolute Gasteiger partial charge is 0.0564 e. The fourth-order valence-corrected chi connectivity index (χ4v) is 2.34. The van der Waals surface area contributed by atoms with E-state index in [0.29, 0.717) is 0 Å². The predicted octanol–water partition coefficient (Wildman–Crippen LogP) is 1.37. The molecular formula is C10H15BrN2O. The Bertz CT molecular complexity index is 269. The number of hydrogen-bond donors (Lipinski definition) is 2. The number of likely N-dealkylation sites (tertiary alicyclic amines) is 1. The first-order valence-corrected chi connectivity index (χ1v) is 5.81. The lowest BCUT2D eigenvalue weighted by Crippen LogP contribution is -2.39. The molecule has 78 valence electrons. The predicted molar refractivity (Wildman–Crippen MR) is 59.9 cm³/mol. The molecule has 1 aliphatic carbocycles. The largest absolute Gasteiger partial charge is 0.393 e. The number of rotatable bonds is 3. The van der Waals surface area contributed by atoms with Gasteiger partial charge in [-0.25, -0.2) is 0 Å². The van der Waals surface area contributed by atoms with Crippen molar-refractivity contribution in [1.29, 1.82) is 5.41 Å². The van der Waals surface area contributed by atoms with Crippen LogP contribution in [0.5, 0.6) is 0 Å². The van der Waals surface area contributed by atoms with Crippen molar-refractivity contribution >= 4 is 21.6 Å². The summed E-state index contributed by atoms with van der Waals surface area (Å²) in [6.45, 7) is 2.60. The van der Waals surface area contributed by atoms with E-state index in [-0.39, 0.29) is 12.0 Å². The lowest BCUT2D eigenvalue weighted by atomic mass is 10.1. The van der Waals surface area contributed by atoms with Crippen LogP contribution in [0.1, 0.15) is 12.8 Å². The van der Waals surface area contributed by atoms with Crippen LogP contribution in [0.2, 0.25) is 0 Å². The van der Waals surface area contributed by atoms with Crippen LogP contribution >= 0.6 is 15.9 Å². The van der Waals surface area contributed by atoms with Gasteiger partial charge in [0.1, 0.15) is 0 Å². The Labute approximate surface area is 92.4 Å². The van der Waals surface area contributed by atoms with Crippen LogP contribution < -0.4 is 0 Å². The number of piperidine rings is 1. The number of aliphatic hydroxyl groups is 1. The van der Waals surface area contributed by atoms with Crippen LogP contribution in [-0.2, 0) is 0 Å². The number of aliphatic hydroxyl groups excluding tert-OH is 1. The fourth-order valence-electron chi connectivity index (χ4n) is 1.79. The van der Waals surface area contributed by atoms with Gasteiger partial charge in [-0.15, -0.1) is 0 Å². The number of nitrogens with one attached hydrogen (secondary N) is 1. The van der Waals surface area contributed by atoms with Crippen molar-refractivity contribution in [3.05, 3.63) is 10.6 Å². The van der Waals surface area contributed by atoms with Gasteiger partial charge in [-0.05, 0) is 12.8 Å². The standard InChI is InChI=1S/C10H15BrN2O/c11-9-5-8(9)10(12)6-13-3-1-7(14)2-4-13/h5,7-8,12,14H,1-4,6H2. The van der Waals surface area contributed by atoms with Crippen molar-refractivity contribution in [1.82, 2.24) is 4.90 Å². The summed E-state index contributed by atoms with van der Waals surface area (Å²) in [4.78, 5) is 2.25. The highest BCUT2D eigenvalue weighted by molar-refractivity contribution is 9.12. The Morgan fingerprint density at radius 3 is 2.64 bits per heavy atom. The SMILES string of the molecule is N=C(CN1CCC(O)CC1)C1C=C1Br. The molecule has 0 radical (unpaired) electrons. The lowest BCUT2D eigenvalue weighted by molar-refractivity contribution is 0.0894. The summed E-state index contributed by atoms with van der Waals surface area (Å²) < 4.78 is 1.15. The molecule has 2 N–H and O–H groups in total. The molecule has 2 rings (SSSR count). The van der Waals surface area contributed by atoms with Crippen molar-refractivity contribution in [3.63, 3.8) is 0 Å². The summed E-state index contributed by atoms with van der Waals surface area (Å²) in [5.41, 5.74) is 0.772. The minimum absolute atomic E-state index is 0.119. The molecule has 4 heteroatoms. The topological polar surface area (TPSA) is 47.3 Å². The third-order valence-corrected chi connectivity index (χ3v) is 3.60. The summed E-state index contributed by atoms with van der Waals surface area (Å²) in [6, 6.07) is 0. The Morgan fingerprint density at radius 2 is 2.14 bits per heavy atom. The lowest BCUT2D eigenvalue weighted by Gasteiger charge is -2.29. The fraction of sp³-hybridized carbons (Fsp3) is 0.700. The molecule has 0 saturated carbocycles. The Kier molecular flexibility index (Phi) is 3.04. The van der Waals surface area contributed by atoms with Crippen LogP contribution in [-0.4, -0.2) is 41.5 Å². The maximum Gasteiger partial charge on any atom is 0.0564 e. The molecule has 0 aromatic heterocycles. The number of halogens is 1. The van der Waals surface area contributed by atoms with Crippen molar-refractivity contribution in [2.24, 2.45) is 5.92 Å². The normalized spacial score (nSPS) is 28.7. The third-order valence-electron chi connectivity index (χ3n) is 2.84. The molecule has 3 nitrogen and oxygen atoms in total. The first kappa shape index (κ1) is 10.3. The molecule has 0 bridgehead atoms. The van der Waals surface area contributed by atoms with E-state index < -0.39 is 0 Å². The summed E-state index contributed by atoms with van der Waals surface area (Å²) >= 11 is 3.39. The summed E-state index contributed by atoms with van der Waals surface area (Å²) in [5.74, 6) is 0.279. The molecular weight excluding hydrogens is 244 g/mol. The quantitative estimate of drug-likeness (QED) is 0.752. The van der Waals surface area contributed by atoms with Gasteiger partial charge in [-0.2, -0.15) is 0 Å². The Morgan fingerprint density at radius 1 is 1.57 bits per heavy atom. The monoisotopic (exact) mass is 258 g/mol. The average Bonchev–Trinajstić information content (AvgIpc) is 2.87. The molecule has 0 aromatic carbocycles. The van der Waals surface area contributed by atoms with Crippen molar-refractivity contribution < 1.29 is 5.11 Å². The maximum atomic E-state index is 9.33. The van der Waals surface area contributed by atoms with Crippen LogP contribution in [0.25, 0.3) is 0 Å². The highest BCUT2D eigenvalue weighted by Gasteiger charge is 2.28. The molecule has 1 saturated heterocycles. The van der Waals surface area contributed by atoms with Gasteiger partial charge in [0.2, 0.25) is 0 Å². The second kappa shape index (κ2) is 4.13. The zero-order chi connectivity index (χ0) is 10.1. The van der Waals surface area contributed by atoms with Gasteiger partial charge in [0.15, 0.2) is 0 Å². The zero-order valence-corrected chi connectivity index (χ0v) is 9.63. The molecule has 0 spiro atoms. The van der Waals surface area contributed by atoms with E-state index in [9.17, 15) is 5.11 Å². The maximum absolute atomic E-state index is 9.33. The Hall–Kier alpha value is -0.190. The third kappa shape index (κ3) is 2.43. The van der Waals surface area contributed by atoms with Gasteiger partial charge < -0.3 is 10.5 Å². The molecule has 1 fully saturated rings. The highest BCUT2D eigenvalue weighted by atomic mass is 79.9. The van der Waals surface area contributed by atoms with Gasteiger partial charge in [0, 0.05) is 35.7 Å². The molecule has 14 heavy (non-hydrogen) atoms. The van der Waals surface area contributed by atoms with Gasteiger partial charge >= 0.3 is 0 Å².